The van der Waals surface area contributed by atoms with Gasteiger partial charge in [-0.1, -0.05) is 42.2 Å². The van der Waals surface area contributed by atoms with Crippen LogP contribution in [0.1, 0.15) is 23.1 Å². The summed E-state index contributed by atoms with van der Waals surface area (Å²) in [6.07, 6.45) is 2.32. The first-order valence-electron chi connectivity index (χ1n) is 8.21. The van der Waals surface area contributed by atoms with Gasteiger partial charge in [0.05, 0.1) is 0 Å². The molecule has 0 bridgehead atoms. The van der Waals surface area contributed by atoms with E-state index in [1.54, 1.807) is 12.3 Å². The number of rotatable bonds is 5. The zero-order chi connectivity index (χ0) is 18.2. The molecule has 1 heterocycles. The highest BCUT2D eigenvalue weighted by Crippen LogP contribution is 2.19. The molecule has 1 aromatic heterocycles. The van der Waals surface area contributed by atoms with E-state index in [2.05, 4.69) is 16.8 Å². The lowest BCUT2D eigenvalue weighted by Gasteiger charge is -2.03. The molecule has 0 spiro atoms. The molecule has 0 saturated heterocycles. The van der Waals surface area contributed by atoms with E-state index in [-0.39, 0.29) is 6.42 Å². The Hall–Kier alpha value is -3.58. The van der Waals surface area contributed by atoms with Gasteiger partial charge in [-0.05, 0) is 42.3 Å². The number of nitrogens with zero attached hydrogens (tertiary/aromatic N) is 1. The topological polar surface area (TPSA) is 59.4 Å². The summed E-state index contributed by atoms with van der Waals surface area (Å²) in [5.74, 6) is 6.61. The summed E-state index contributed by atoms with van der Waals surface area (Å²) < 4.78 is 5.71. The Morgan fingerprint density at radius 2 is 1.69 bits per heavy atom. The number of carbonyl (C=O) groups is 1. The first-order valence-corrected chi connectivity index (χ1v) is 8.21. The van der Waals surface area contributed by atoms with Gasteiger partial charge < -0.3 is 9.84 Å². The van der Waals surface area contributed by atoms with E-state index < -0.39 is 5.97 Å². The van der Waals surface area contributed by atoms with Crippen LogP contribution in [-0.2, 0) is 11.2 Å². The van der Waals surface area contributed by atoms with Crippen molar-refractivity contribution in [1.29, 1.82) is 0 Å². The highest BCUT2D eigenvalue weighted by atomic mass is 16.5. The number of hydrogen-bond donors (Lipinski definition) is 1. The Kier molecular flexibility index (Phi) is 5.64. The molecule has 0 atom stereocenters. The summed E-state index contributed by atoms with van der Waals surface area (Å²) in [7, 11) is 0. The van der Waals surface area contributed by atoms with Crippen molar-refractivity contribution in [2.75, 3.05) is 0 Å². The van der Waals surface area contributed by atoms with Crippen molar-refractivity contribution >= 4 is 5.97 Å². The van der Waals surface area contributed by atoms with Crippen molar-refractivity contribution < 1.29 is 14.6 Å². The van der Waals surface area contributed by atoms with Crippen LogP contribution >= 0.6 is 0 Å². The number of carboxylic acid groups (broad SMARTS) is 1. The maximum Gasteiger partial charge on any atom is 0.303 e. The average Bonchev–Trinajstić information content (AvgIpc) is 2.67. The average molecular weight is 343 g/mol. The summed E-state index contributed by atoms with van der Waals surface area (Å²) in [6.45, 7) is 0. The molecule has 26 heavy (non-hydrogen) atoms. The van der Waals surface area contributed by atoms with E-state index in [0.29, 0.717) is 12.3 Å². The summed E-state index contributed by atoms with van der Waals surface area (Å²) in [4.78, 5) is 14.8. The Morgan fingerprint density at radius 1 is 0.962 bits per heavy atom. The van der Waals surface area contributed by atoms with Crippen LogP contribution in [0.25, 0.3) is 0 Å². The monoisotopic (exact) mass is 343 g/mol. The number of aliphatic carboxylic acids is 1. The Bertz CT molecular complexity index is 938. The number of aryl methyl sites for hydroxylation is 1. The molecule has 0 fully saturated rings. The molecule has 128 valence electrons. The first kappa shape index (κ1) is 17.2. The highest BCUT2D eigenvalue weighted by Gasteiger charge is 2.00. The molecule has 2 aromatic carbocycles. The first-order chi connectivity index (χ1) is 12.7. The lowest BCUT2D eigenvalue weighted by atomic mass is 10.1. The number of benzene rings is 2. The molecule has 1 N–H and O–H groups in total. The largest absolute Gasteiger partial charge is 0.481 e. The molecule has 0 amide bonds. The van der Waals surface area contributed by atoms with Crippen LogP contribution in [0.15, 0.2) is 72.9 Å². The van der Waals surface area contributed by atoms with Crippen LogP contribution in [0, 0.1) is 11.8 Å². The number of hydrogen-bond acceptors (Lipinski definition) is 3. The van der Waals surface area contributed by atoms with Gasteiger partial charge in [0, 0.05) is 29.8 Å². The minimum absolute atomic E-state index is 0.131. The SMILES string of the molecule is O=C(O)CCc1ccc(C#Cc2ccnc(Oc3ccccc3)c2)cc1. The fourth-order valence-electron chi connectivity index (χ4n) is 2.30. The van der Waals surface area contributed by atoms with Crippen LogP contribution in [-0.4, -0.2) is 16.1 Å². The molecule has 0 aliphatic rings. The van der Waals surface area contributed by atoms with Gasteiger partial charge in [0.1, 0.15) is 5.75 Å². The number of carboxylic acids is 1. The predicted molar refractivity (Wildman–Crippen MR) is 99.1 cm³/mol. The maximum atomic E-state index is 10.6. The summed E-state index contributed by atoms with van der Waals surface area (Å²) >= 11 is 0. The van der Waals surface area contributed by atoms with Gasteiger partial charge in [0.2, 0.25) is 5.88 Å². The molecule has 0 saturated carbocycles. The second-order valence-electron chi connectivity index (χ2n) is 5.64. The third kappa shape index (κ3) is 5.22. The smallest absolute Gasteiger partial charge is 0.303 e. The van der Waals surface area contributed by atoms with Gasteiger partial charge in [-0.2, -0.15) is 0 Å². The van der Waals surface area contributed by atoms with Crippen molar-refractivity contribution in [2.24, 2.45) is 0 Å². The molecular formula is C22H17NO3. The van der Waals surface area contributed by atoms with Gasteiger partial charge in [-0.15, -0.1) is 0 Å². The third-order valence-electron chi connectivity index (χ3n) is 3.63. The minimum atomic E-state index is -0.792. The zero-order valence-corrected chi connectivity index (χ0v) is 14.1. The van der Waals surface area contributed by atoms with Gasteiger partial charge in [-0.3, -0.25) is 4.79 Å². The molecule has 0 aliphatic carbocycles. The molecule has 0 unspecified atom stereocenters. The standard InChI is InChI=1S/C22H17NO3/c24-22(25)13-12-18-8-6-17(7-9-18)10-11-19-14-15-23-21(16-19)26-20-4-2-1-3-5-20/h1-9,14-16H,12-13H2,(H,24,25). The Morgan fingerprint density at radius 3 is 2.42 bits per heavy atom. The second-order valence-corrected chi connectivity index (χ2v) is 5.64. The van der Waals surface area contributed by atoms with Crippen LogP contribution in [0.5, 0.6) is 11.6 Å². The summed E-state index contributed by atoms with van der Waals surface area (Å²) in [6, 6.07) is 20.7. The molecule has 0 radical (unpaired) electrons. The molecule has 3 rings (SSSR count). The normalized spacial score (nSPS) is 9.85. The number of para-hydroxylation sites is 1. The second kappa shape index (κ2) is 8.50. The van der Waals surface area contributed by atoms with Crippen molar-refractivity contribution in [1.82, 2.24) is 4.98 Å². The number of ether oxygens (including phenoxy) is 1. The lowest BCUT2D eigenvalue weighted by Crippen LogP contribution is -1.97. The van der Waals surface area contributed by atoms with Crippen molar-refractivity contribution in [3.8, 4) is 23.5 Å². The predicted octanol–water partition coefficient (Wildman–Crippen LogP) is 4.29. The fourth-order valence-corrected chi connectivity index (χ4v) is 2.30. The van der Waals surface area contributed by atoms with Crippen molar-refractivity contribution in [3.63, 3.8) is 0 Å². The third-order valence-corrected chi connectivity index (χ3v) is 3.63. The molecule has 4 nitrogen and oxygen atoms in total. The van der Waals surface area contributed by atoms with Gasteiger partial charge in [0.25, 0.3) is 0 Å². The van der Waals surface area contributed by atoms with E-state index in [1.807, 2.05) is 60.7 Å². The van der Waals surface area contributed by atoms with Crippen LogP contribution in [0.4, 0.5) is 0 Å². The van der Waals surface area contributed by atoms with Crippen LogP contribution < -0.4 is 4.74 Å². The van der Waals surface area contributed by atoms with E-state index in [4.69, 9.17) is 9.84 Å². The summed E-state index contributed by atoms with van der Waals surface area (Å²) in [5.41, 5.74) is 2.66. The number of aromatic nitrogens is 1. The van der Waals surface area contributed by atoms with Crippen molar-refractivity contribution in [3.05, 3.63) is 89.6 Å². The fraction of sp³-hybridized carbons (Fsp3) is 0.0909. The van der Waals surface area contributed by atoms with E-state index in [9.17, 15) is 4.79 Å². The molecular weight excluding hydrogens is 326 g/mol. The van der Waals surface area contributed by atoms with Crippen LogP contribution in [0.2, 0.25) is 0 Å². The highest BCUT2D eigenvalue weighted by molar-refractivity contribution is 5.67. The zero-order valence-electron chi connectivity index (χ0n) is 14.1. The van der Waals surface area contributed by atoms with E-state index in [1.165, 1.54) is 0 Å². The quantitative estimate of drug-likeness (QED) is 0.702. The van der Waals surface area contributed by atoms with E-state index in [0.717, 1.165) is 22.4 Å². The molecule has 3 aromatic rings. The maximum absolute atomic E-state index is 10.6. The van der Waals surface area contributed by atoms with Gasteiger partial charge in [0.15, 0.2) is 0 Å². The lowest BCUT2D eigenvalue weighted by molar-refractivity contribution is -0.136. The number of pyridine rings is 1. The van der Waals surface area contributed by atoms with Gasteiger partial charge >= 0.3 is 5.97 Å². The van der Waals surface area contributed by atoms with Crippen LogP contribution in [0.3, 0.4) is 0 Å². The molecule has 0 aliphatic heterocycles. The minimum Gasteiger partial charge on any atom is -0.481 e. The Labute approximate surface area is 152 Å². The van der Waals surface area contributed by atoms with Gasteiger partial charge in [-0.25, -0.2) is 4.98 Å². The summed E-state index contributed by atoms with van der Waals surface area (Å²) in [5, 5.41) is 8.72. The van der Waals surface area contributed by atoms with E-state index >= 15 is 0 Å². The molecule has 4 heteroatoms. The van der Waals surface area contributed by atoms with Crippen molar-refractivity contribution in [2.45, 2.75) is 12.8 Å². The Balaban J connectivity index is 1.68.